The van der Waals surface area contributed by atoms with Crippen LogP contribution in [0.15, 0.2) is 29.7 Å². The van der Waals surface area contributed by atoms with Gasteiger partial charge in [0.1, 0.15) is 6.33 Å². The van der Waals surface area contributed by atoms with Crippen LogP contribution >= 0.6 is 11.8 Å². The number of thioether (sulfide) groups is 1. The van der Waals surface area contributed by atoms with Crippen molar-refractivity contribution in [3.63, 3.8) is 0 Å². The summed E-state index contributed by atoms with van der Waals surface area (Å²) < 4.78 is 0. The van der Waals surface area contributed by atoms with Crippen LogP contribution in [0.4, 0.5) is 5.69 Å². The highest BCUT2D eigenvalue weighted by atomic mass is 32.2. The van der Waals surface area contributed by atoms with Gasteiger partial charge in [-0.2, -0.15) is 5.10 Å². The third-order valence-corrected chi connectivity index (χ3v) is 3.68. The minimum atomic E-state index is -0.242. The first kappa shape index (κ1) is 13.6. The Morgan fingerprint density at radius 1 is 1.42 bits per heavy atom. The zero-order valence-corrected chi connectivity index (χ0v) is 11.9. The molecule has 0 fully saturated rings. The number of hydrogen-bond acceptors (Lipinski definition) is 4. The highest BCUT2D eigenvalue weighted by molar-refractivity contribution is 8.00. The minimum Gasteiger partial charge on any atom is -0.325 e. The highest BCUT2D eigenvalue weighted by Crippen LogP contribution is 2.21. The second kappa shape index (κ2) is 5.88. The van der Waals surface area contributed by atoms with Crippen LogP contribution in [-0.2, 0) is 4.79 Å². The summed E-state index contributed by atoms with van der Waals surface area (Å²) in [5, 5.41) is 9.81. The molecule has 0 saturated heterocycles. The molecular weight excluding hydrogens is 260 g/mol. The molecule has 100 valence electrons. The molecule has 0 saturated carbocycles. The second-order valence-corrected chi connectivity index (χ2v) is 5.69. The number of rotatable bonds is 4. The van der Waals surface area contributed by atoms with Gasteiger partial charge in [-0.3, -0.25) is 9.89 Å². The fourth-order valence-electron chi connectivity index (χ4n) is 1.66. The lowest BCUT2D eigenvalue weighted by Crippen LogP contribution is -2.23. The van der Waals surface area contributed by atoms with Gasteiger partial charge in [-0.25, -0.2) is 4.98 Å². The van der Waals surface area contributed by atoms with E-state index in [2.05, 4.69) is 20.5 Å². The number of amides is 1. The van der Waals surface area contributed by atoms with Crippen molar-refractivity contribution >= 4 is 23.4 Å². The standard InChI is InChI=1S/C13H16N4OS/c1-8-4-5-11(9(2)6-8)16-12(18)10(3)19-13-14-7-15-17-13/h4-7,10H,1-3H3,(H,16,18)(H,14,15,17)/t10-/m0/s1. The molecule has 0 bridgehead atoms. The SMILES string of the molecule is Cc1ccc(NC(=O)[C@H](C)Sc2ncn[nH]2)c(C)c1. The van der Waals surface area contributed by atoms with Crippen molar-refractivity contribution in [3.8, 4) is 0 Å². The molecule has 1 heterocycles. The molecule has 1 aromatic carbocycles. The number of anilines is 1. The maximum atomic E-state index is 12.1. The van der Waals surface area contributed by atoms with Gasteiger partial charge in [0.25, 0.3) is 0 Å². The maximum Gasteiger partial charge on any atom is 0.237 e. The zero-order valence-electron chi connectivity index (χ0n) is 11.1. The van der Waals surface area contributed by atoms with Crippen LogP contribution in [0.1, 0.15) is 18.1 Å². The normalized spacial score (nSPS) is 12.2. The molecule has 0 unspecified atom stereocenters. The van der Waals surface area contributed by atoms with Crippen LogP contribution in [0.2, 0.25) is 0 Å². The van der Waals surface area contributed by atoms with Crippen molar-refractivity contribution in [1.82, 2.24) is 15.2 Å². The Hall–Kier alpha value is -1.82. The van der Waals surface area contributed by atoms with Crippen LogP contribution < -0.4 is 5.32 Å². The monoisotopic (exact) mass is 276 g/mol. The van der Waals surface area contributed by atoms with Crippen molar-refractivity contribution < 1.29 is 4.79 Å². The molecule has 0 spiro atoms. The predicted molar refractivity (Wildman–Crippen MR) is 76.2 cm³/mol. The molecule has 6 heteroatoms. The van der Waals surface area contributed by atoms with E-state index in [0.717, 1.165) is 11.3 Å². The Morgan fingerprint density at radius 3 is 2.84 bits per heavy atom. The number of aromatic nitrogens is 3. The first-order valence-electron chi connectivity index (χ1n) is 5.96. The van der Waals surface area contributed by atoms with Gasteiger partial charge in [0, 0.05) is 5.69 Å². The molecule has 1 aromatic heterocycles. The fraction of sp³-hybridized carbons (Fsp3) is 0.308. The number of nitrogens with one attached hydrogen (secondary N) is 2. The smallest absolute Gasteiger partial charge is 0.237 e. The van der Waals surface area contributed by atoms with Crippen molar-refractivity contribution in [1.29, 1.82) is 0 Å². The van der Waals surface area contributed by atoms with Gasteiger partial charge in [0.2, 0.25) is 5.91 Å². The summed E-state index contributed by atoms with van der Waals surface area (Å²) in [7, 11) is 0. The number of aromatic amines is 1. The number of H-pyrrole nitrogens is 1. The van der Waals surface area contributed by atoms with E-state index in [-0.39, 0.29) is 11.2 Å². The number of aryl methyl sites for hydroxylation is 2. The Morgan fingerprint density at radius 2 is 2.21 bits per heavy atom. The molecule has 0 aliphatic carbocycles. The van der Waals surface area contributed by atoms with Crippen molar-refractivity contribution in [3.05, 3.63) is 35.7 Å². The second-order valence-electron chi connectivity index (χ2n) is 4.36. The largest absolute Gasteiger partial charge is 0.325 e. The summed E-state index contributed by atoms with van der Waals surface area (Å²) in [4.78, 5) is 16.1. The van der Waals surface area contributed by atoms with E-state index in [1.807, 2.05) is 39.0 Å². The van der Waals surface area contributed by atoms with Crippen LogP contribution in [0.3, 0.4) is 0 Å². The summed E-state index contributed by atoms with van der Waals surface area (Å²) in [6, 6.07) is 5.95. The first-order valence-corrected chi connectivity index (χ1v) is 6.84. The molecule has 2 rings (SSSR count). The predicted octanol–water partition coefficient (Wildman–Crippen LogP) is 2.54. The highest BCUT2D eigenvalue weighted by Gasteiger charge is 2.16. The van der Waals surface area contributed by atoms with E-state index in [1.165, 1.54) is 23.7 Å². The zero-order chi connectivity index (χ0) is 13.8. The number of carbonyl (C=O) groups is 1. The average molecular weight is 276 g/mol. The maximum absolute atomic E-state index is 12.1. The van der Waals surface area contributed by atoms with Crippen molar-refractivity contribution in [2.45, 2.75) is 31.2 Å². The van der Waals surface area contributed by atoms with Crippen molar-refractivity contribution in [2.75, 3.05) is 5.32 Å². The molecule has 2 N–H and O–H groups in total. The Bertz CT molecular complexity index is 568. The van der Waals surface area contributed by atoms with Gasteiger partial charge in [0.05, 0.1) is 5.25 Å². The van der Waals surface area contributed by atoms with E-state index >= 15 is 0 Å². The lowest BCUT2D eigenvalue weighted by molar-refractivity contribution is -0.115. The summed E-state index contributed by atoms with van der Waals surface area (Å²) in [5.41, 5.74) is 3.09. The molecule has 0 aliphatic heterocycles. The molecule has 2 aromatic rings. The van der Waals surface area contributed by atoms with E-state index in [0.29, 0.717) is 5.16 Å². The van der Waals surface area contributed by atoms with Gasteiger partial charge < -0.3 is 5.32 Å². The first-order chi connectivity index (χ1) is 9.06. The number of nitrogens with zero attached hydrogens (tertiary/aromatic N) is 2. The number of benzene rings is 1. The van der Waals surface area contributed by atoms with Crippen molar-refractivity contribution in [2.24, 2.45) is 0 Å². The molecule has 0 aliphatic rings. The van der Waals surface area contributed by atoms with Gasteiger partial charge in [0.15, 0.2) is 5.16 Å². The molecule has 1 amide bonds. The summed E-state index contributed by atoms with van der Waals surface area (Å²) in [6.45, 7) is 5.85. The van der Waals surface area contributed by atoms with Gasteiger partial charge >= 0.3 is 0 Å². The van der Waals surface area contributed by atoms with E-state index < -0.39 is 0 Å². The van der Waals surface area contributed by atoms with Crippen LogP contribution in [0.25, 0.3) is 0 Å². The summed E-state index contributed by atoms with van der Waals surface area (Å²) in [6.07, 6.45) is 1.43. The Kier molecular flexibility index (Phi) is 4.21. The lowest BCUT2D eigenvalue weighted by atomic mass is 10.1. The third kappa shape index (κ3) is 3.57. The van der Waals surface area contributed by atoms with E-state index in [1.54, 1.807) is 0 Å². The molecule has 1 atom stereocenters. The van der Waals surface area contributed by atoms with Crippen LogP contribution in [0.5, 0.6) is 0 Å². The number of carbonyl (C=O) groups excluding carboxylic acids is 1. The third-order valence-electron chi connectivity index (χ3n) is 2.69. The molecule has 0 radical (unpaired) electrons. The lowest BCUT2D eigenvalue weighted by Gasteiger charge is -2.12. The van der Waals surface area contributed by atoms with Crippen LogP contribution in [0, 0.1) is 13.8 Å². The molecule has 5 nitrogen and oxygen atoms in total. The van der Waals surface area contributed by atoms with Gasteiger partial charge in [-0.05, 0) is 32.4 Å². The summed E-state index contributed by atoms with van der Waals surface area (Å²) in [5.74, 6) is -0.0478. The van der Waals surface area contributed by atoms with E-state index in [4.69, 9.17) is 0 Å². The summed E-state index contributed by atoms with van der Waals surface area (Å²) >= 11 is 1.35. The van der Waals surface area contributed by atoms with E-state index in [9.17, 15) is 4.79 Å². The Labute approximate surface area is 116 Å². The van der Waals surface area contributed by atoms with Gasteiger partial charge in [-0.1, -0.05) is 29.5 Å². The van der Waals surface area contributed by atoms with Crippen LogP contribution in [-0.4, -0.2) is 26.3 Å². The minimum absolute atomic E-state index is 0.0478. The Balaban J connectivity index is 2.00. The van der Waals surface area contributed by atoms with Gasteiger partial charge in [-0.15, -0.1) is 0 Å². The topological polar surface area (TPSA) is 70.7 Å². The molecule has 19 heavy (non-hydrogen) atoms. The number of hydrogen-bond donors (Lipinski definition) is 2. The molecular formula is C13H16N4OS. The average Bonchev–Trinajstić information content (AvgIpc) is 2.85. The quantitative estimate of drug-likeness (QED) is 0.842. The fourth-order valence-corrected chi connectivity index (χ4v) is 2.37.